The maximum atomic E-state index is 6.79. The number of hydrogen-bond acceptors (Lipinski definition) is 3. The number of nitrogens with zero attached hydrogens (tertiary/aromatic N) is 6. The molecule has 0 saturated carbocycles. The van der Waals surface area contributed by atoms with Crippen molar-refractivity contribution in [2.24, 2.45) is 0 Å². The molecule has 5 heterocycles. The lowest BCUT2D eigenvalue weighted by atomic mass is 10.1. The van der Waals surface area contributed by atoms with E-state index in [9.17, 15) is 0 Å². The second-order valence-electron chi connectivity index (χ2n) is 14.8. The van der Waals surface area contributed by atoms with Crippen LogP contribution < -0.4 is 0 Å². The summed E-state index contributed by atoms with van der Waals surface area (Å²) in [5.41, 5.74) is 14.6. The van der Waals surface area contributed by atoms with Gasteiger partial charge in [0.2, 0.25) is 0 Å². The van der Waals surface area contributed by atoms with Crippen molar-refractivity contribution in [1.29, 1.82) is 0 Å². The van der Waals surface area contributed by atoms with Crippen LogP contribution in [0.15, 0.2) is 187 Å². The minimum atomic E-state index is 0.853. The summed E-state index contributed by atoms with van der Waals surface area (Å²) < 4.78 is 15.8. The van der Waals surface area contributed by atoms with E-state index in [0.717, 1.165) is 99.6 Å². The van der Waals surface area contributed by atoms with E-state index in [1.807, 2.05) is 24.8 Å². The zero-order valence-electron chi connectivity index (χ0n) is 30.4. The predicted octanol–water partition coefficient (Wildman–Crippen LogP) is 12.5. The van der Waals surface area contributed by atoms with Crippen molar-refractivity contribution in [3.63, 3.8) is 0 Å². The lowest BCUT2D eigenvalue weighted by Crippen LogP contribution is -1.95. The first-order valence-corrected chi connectivity index (χ1v) is 19.1. The fraction of sp³-hybridized carbons (Fsp3) is 0. The highest BCUT2D eigenvalue weighted by Crippen LogP contribution is 2.41. The topological polar surface area (TPSA) is 58.6 Å². The molecule has 0 aliphatic rings. The number of hydrogen-bond donors (Lipinski definition) is 0. The quantitative estimate of drug-likeness (QED) is 0.181. The van der Waals surface area contributed by atoms with Gasteiger partial charge in [0, 0.05) is 49.4 Å². The van der Waals surface area contributed by atoms with Crippen LogP contribution in [0.5, 0.6) is 0 Å². The molecule has 0 atom stereocenters. The smallest absolute Gasteiger partial charge is 0.159 e. The van der Waals surface area contributed by atoms with Crippen LogP contribution in [0, 0.1) is 0 Å². The van der Waals surface area contributed by atoms with Gasteiger partial charge in [0.25, 0.3) is 0 Å². The fourth-order valence-electron chi connectivity index (χ4n) is 9.18. The molecule has 0 fully saturated rings. The van der Waals surface area contributed by atoms with Gasteiger partial charge < -0.3 is 13.6 Å². The Labute approximate surface area is 324 Å². The van der Waals surface area contributed by atoms with Gasteiger partial charge in [-0.25, -0.2) is 9.97 Å². The zero-order chi connectivity index (χ0) is 37.2. The first kappa shape index (κ1) is 30.4. The Balaban J connectivity index is 1.05. The van der Waals surface area contributed by atoms with Crippen molar-refractivity contribution >= 4 is 87.6 Å². The molecular formula is C50H30N6O. The fourth-order valence-corrected chi connectivity index (χ4v) is 9.18. The Morgan fingerprint density at radius 1 is 0.351 bits per heavy atom. The molecule has 0 bridgehead atoms. The average molecular weight is 731 g/mol. The summed E-state index contributed by atoms with van der Waals surface area (Å²) in [6.07, 6.45) is 3.83. The Bertz CT molecular complexity index is 3590. The lowest BCUT2D eigenvalue weighted by Gasteiger charge is -2.10. The summed E-state index contributed by atoms with van der Waals surface area (Å²) in [6, 6.07) is 60.3. The molecule has 266 valence electrons. The van der Waals surface area contributed by atoms with E-state index < -0.39 is 0 Å². The van der Waals surface area contributed by atoms with E-state index in [1.165, 1.54) is 10.8 Å². The third-order valence-corrected chi connectivity index (χ3v) is 11.7. The number of furan rings is 1. The molecule has 5 aromatic heterocycles. The van der Waals surface area contributed by atoms with E-state index in [0.29, 0.717) is 0 Å². The van der Waals surface area contributed by atoms with Gasteiger partial charge in [0.05, 0.1) is 49.8 Å². The van der Waals surface area contributed by atoms with Gasteiger partial charge in [-0.15, -0.1) is 0 Å². The van der Waals surface area contributed by atoms with E-state index in [1.54, 1.807) is 0 Å². The van der Waals surface area contributed by atoms with Gasteiger partial charge in [0.15, 0.2) is 5.58 Å². The molecule has 13 rings (SSSR count). The van der Waals surface area contributed by atoms with Gasteiger partial charge >= 0.3 is 0 Å². The first-order chi connectivity index (χ1) is 28.3. The van der Waals surface area contributed by atoms with E-state index in [-0.39, 0.29) is 0 Å². The summed E-state index contributed by atoms with van der Waals surface area (Å²) in [7, 11) is 0. The summed E-state index contributed by atoms with van der Waals surface area (Å²) in [4.78, 5) is 9.41. The third kappa shape index (κ3) is 4.25. The molecule has 13 aromatic rings. The van der Waals surface area contributed by atoms with Crippen LogP contribution in [0.1, 0.15) is 0 Å². The highest BCUT2D eigenvalue weighted by molar-refractivity contribution is 6.14. The predicted molar refractivity (Wildman–Crippen MR) is 232 cm³/mol. The van der Waals surface area contributed by atoms with Gasteiger partial charge in [-0.3, -0.25) is 9.13 Å². The molecule has 0 spiro atoms. The Kier molecular flexibility index (Phi) is 6.04. The number of imidazole rings is 2. The molecule has 0 saturated heterocycles. The summed E-state index contributed by atoms with van der Waals surface area (Å²) in [5, 5.41) is 6.90. The Morgan fingerprint density at radius 3 is 1.46 bits per heavy atom. The number of para-hydroxylation sites is 7. The van der Waals surface area contributed by atoms with E-state index in [4.69, 9.17) is 14.4 Å². The van der Waals surface area contributed by atoms with Crippen LogP contribution in [0.25, 0.3) is 110 Å². The van der Waals surface area contributed by atoms with Crippen molar-refractivity contribution < 1.29 is 4.42 Å². The Morgan fingerprint density at radius 2 is 0.842 bits per heavy atom. The average Bonchev–Trinajstić information content (AvgIpc) is 4.10. The molecule has 8 aromatic carbocycles. The van der Waals surface area contributed by atoms with Crippen LogP contribution in [0.3, 0.4) is 0 Å². The summed E-state index contributed by atoms with van der Waals surface area (Å²) >= 11 is 0. The second kappa shape index (κ2) is 11.3. The standard InChI is InChI=1S/C50H30N6O/c1-5-15-42-34(10-1)35-11-2-6-16-43(35)56(42)48-19-9-12-36-39-28-33(22-25-49(39)57-50(36)48)55-44-23-20-31(53-29-51-40-13-3-7-17-46(40)53)26-37(44)38-27-32(21-24-45(38)55)54-30-52-41-14-4-8-18-47(41)54/h1-30H. The van der Waals surface area contributed by atoms with Crippen molar-refractivity contribution in [3.05, 3.63) is 183 Å². The lowest BCUT2D eigenvalue weighted by molar-refractivity contribution is 0.666. The van der Waals surface area contributed by atoms with E-state index in [2.05, 4.69) is 176 Å². The minimum Gasteiger partial charge on any atom is -0.454 e. The van der Waals surface area contributed by atoms with Gasteiger partial charge in [0.1, 0.15) is 18.2 Å². The molecule has 0 unspecified atom stereocenters. The first-order valence-electron chi connectivity index (χ1n) is 19.1. The maximum absolute atomic E-state index is 6.79. The van der Waals surface area contributed by atoms with Crippen molar-refractivity contribution in [2.75, 3.05) is 0 Å². The maximum Gasteiger partial charge on any atom is 0.159 e. The molecule has 0 aliphatic carbocycles. The van der Waals surface area contributed by atoms with Crippen molar-refractivity contribution in [3.8, 4) is 22.7 Å². The van der Waals surface area contributed by atoms with Crippen molar-refractivity contribution in [2.45, 2.75) is 0 Å². The van der Waals surface area contributed by atoms with Crippen LogP contribution >= 0.6 is 0 Å². The highest BCUT2D eigenvalue weighted by atomic mass is 16.3. The molecule has 0 amide bonds. The number of aromatic nitrogens is 6. The van der Waals surface area contributed by atoms with Crippen LogP contribution in [0.4, 0.5) is 0 Å². The SMILES string of the molecule is c1ccc2c(c1)ncn2-c1ccc2c(c1)c1cc(-n3cnc4ccccc43)ccc1n2-c1ccc2oc3c(-n4c5ccccc5c5ccccc54)cccc3c2c1. The van der Waals surface area contributed by atoms with Crippen LogP contribution in [-0.4, -0.2) is 28.2 Å². The van der Waals surface area contributed by atoms with E-state index >= 15 is 0 Å². The number of fused-ring (bicyclic) bond motifs is 11. The molecule has 0 aliphatic heterocycles. The molecule has 0 radical (unpaired) electrons. The molecule has 0 N–H and O–H groups in total. The molecule has 57 heavy (non-hydrogen) atoms. The number of benzene rings is 8. The van der Waals surface area contributed by atoms with Gasteiger partial charge in [-0.05, 0) is 97.1 Å². The van der Waals surface area contributed by atoms with Gasteiger partial charge in [-0.1, -0.05) is 72.8 Å². The molecule has 7 nitrogen and oxygen atoms in total. The molecule has 7 heteroatoms. The Hall–Kier alpha value is -7.90. The monoisotopic (exact) mass is 730 g/mol. The normalized spacial score (nSPS) is 12.2. The number of rotatable bonds is 4. The summed E-state index contributed by atoms with van der Waals surface area (Å²) in [6.45, 7) is 0. The molecular weight excluding hydrogens is 701 g/mol. The zero-order valence-corrected chi connectivity index (χ0v) is 30.4. The highest BCUT2D eigenvalue weighted by Gasteiger charge is 2.20. The summed E-state index contributed by atoms with van der Waals surface area (Å²) in [5.74, 6) is 0. The van der Waals surface area contributed by atoms with Gasteiger partial charge in [-0.2, -0.15) is 0 Å². The van der Waals surface area contributed by atoms with Crippen LogP contribution in [-0.2, 0) is 0 Å². The van der Waals surface area contributed by atoms with Crippen molar-refractivity contribution in [1.82, 2.24) is 28.2 Å². The van der Waals surface area contributed by atoms with Crippen LogP contribution in [0.2, 0.25) is 0 Å². The second-order valence-corrected chi connectivity index (χ2v) is 14.8. The third-order valence-electron chi connectivity index (χ3n) is 11.7. The minimum absolute atomic E-state index is 0.853. The largest absolute Gasteiger partial charge is 0.454 e.